The summed E-state index contributed by atoms with van der Waals surface area (Å²) in [7, 11) is 4.03. The van der Waals surface area contributed by atoms with Gasteiger partial charge in [-0.2, -0.15) is 0 Å². The van der Waals surface area contributed by atoms with Crippen molar-refractivity contribution in [3.05, 3.63) is 36.1 Å². The van der Waals surface area contributed by atoms with Crippen LogP contribution in [0, 0.1) is 0 Å². The van der Waals surface area contributed by atoms with Gasteiger partial charge in [-0.05, 0) is 25.0 Å². The molecule has 0 aromatic rings. The largest absolute Gasteiger partial charge is 0.381 e. The van der Waals surface area contributed by atoms with Gasteiger partial charge in [-0.25, -0.2) is 0 Å². The van der Waals surface area contributed by atoms with Gasteiger partial charge in [0.15, 0.2) is 0 Å². The van der Waals surface area contributed by atoms with Crippen LogP contribution in [0.25, 0.3) is 0 Å². The van der Waals surface area contributed by atoms with Crippen molar-refractivity contribution < 1.29 is 0 Å². The van der Waals surface area contributed by atoms with Crippen LogP contribution in [-0.2, 0) is 0 Å². The smallest absolute Gasteiger partial charge is 0.0172 e. The molecule has 0 fully saturated rings. The van der Waals surface area contributed by atoms with E-state index in [1.807, 2.05) is 27.1 Å². The first kappa shape index (κ1) is 10.0. The Balaban J connectivity index is 4.83. The molecule has 0 atom stereocenters. The predicted molar refractivity (Wildman–Crippen MR) is 51.4 cm³/mol. The molecule has 0 spiro atoms. The second-order valence-electron chi connectivity index (χ2n) is 2.88. The summed E-state index contributed by atoms with van der Waals surface area (Å²) in [6, 6.07) is 0. The molecule has 0 radical (unpaired) electrons. The summed E-state index contributed by atoms with van der Waals surface area (Å²) in [6.45, 7) is 11.7. The molecule has 0 N–H and O–H groups in total. The fourth-order valence-electron chi connectivity index (χ4n) is 0.872. The third-order valence-electron chi connectivity index (χ3n) is 1.72. The molecule has 1 nitrogen and oxygen atoms in total. The predicted octanol–water partition coefficient (Wildman–Crippen LogP) is 2.58. The highest BCUT2D eigenvalue weighted by molar-refractivity contribution is 5.38. The maximum atomic E-state index is 3.87. The molecule has 0 rings (SSSR count). The molecule has 0 bridgehead atoms. The topological polar surface area (TPSA) is 3.24 Å². The molecule has 0 aromatic carbocycles. The van der Waals surface area contributed by atoms with E-state index < -0.39 is 0 Å². The van der Waals surface area contributed by atoms with E-state index >= 15 is 0 Å². The van der Waals surface area contributed by atoms with Crippen molar-refractivity contribution in [2.45, 2.75) is 13.8 Å². The molecule has 0 heterocycles. The van der Waals surface area contributed by atoms with Crippen molar-refractivity contribution in [1.82, 2.24) is 4.90 Å². The number of nitrogens with zero attached hydrogens (tertiary/aromatic N) is 1. The zero-order valence-electron chi connectivity index (χ0n) is 7.94. The molecule has 0 saturated carbocycles. The van der Waals surface area contributed by atoms with E-state index in [2.05, 4.69) is 25.0 Å². The average molecular weight is 151 g/mol. The number of allylic oxidation sites excluding steroid dienone is 4. The normalized spacial score (nSPS) is 12.0. The van der Waals surface area contributed by atoms with Crippen LogP contribution in [0.15, 0.2) is 36.1 Å². The van der Waals surface area contributed by atoms with E-state index in [1.54, 1.807) is 0 Å². The molecule has 1 heteroatoms. The van der Waals surface area contributed by atoms with Crippen molar-refractivity contribution >= 4 is 0 Å². The van der Waals surface area contributed by atoms with Crippen molar-refractivity contribution in [1.29, 1.82) is 0 Å². The minimum absolute atomic E-state index is 1.06. The van der Waals surface area contributed by atoms with Gasteiger partial charge in [0.2, 0.25) is 0 Å². The Morgan fingerprint density at radius 1 is 1.27 bits per heavy atom. The van der Waals surface area contributed by atoms with Crippen LogP contribution in [0.2, 0.25) is 0 Å². The summed E-state index contributed by atoms with van der Waals surface area (Å²) in [4.78, 5) is 2.06. The van der Waals surface area contributed by atoms with Crippen LogP contribution < -0.4 is 0 Å². The number of rotatable bonds is 3. The molecule has 0 aliphatic heterocycles. The fraction of sp³-hybridized carbons (Fsp3) is 0.400. The van der Waals surface area contributed by atoms with Gasteiger partial charge in [0.25, 0.3) is 0 Å². The Morgan fingerprint density at radius 2 is 1.73 bits per heavy atom. The van der Waals surface area contributed by atoms with Crippen LogP contribution in [0.5, 0.6) is 0 Å². The standard InChI is InChI=1S/C10H17N/c1-7-10(8(2)3)9(4)11(5)6/h7H,1-2H2,3-6H3/b10-9+. The van der Waals surface area contributed by atoms with E-state index in [0.29, 0.717) is 0 Å². The van der Waals surface area contributed by atoms with Crippen LogP contribution >= 0.6 is 0 Å². The van der Waals surface area contributed by atoms with Gasteiger partial charge >= 0.3 is 0 Å². The molecule has 0 aliphatic rings. The van der Waals surface area contributed by atoms with Gasteiger partial charge in [0, 0.05) is 19.8 Å². The summed E-state index contributed by atoms with van der Waals surface area (Å²) in [5.74, 6) is 0. The third kappa shape index (κ3) is 2.62. The second-order valence-corrected chi connectivity index (χ2v) is 2.88. The maximum absolute atomic E-state index is 3.87. The average Bonchev–Trinajstić information content (AvgIpc) is 1.88. The van der Waals surface area contributed by atoms with Gasteiger partial charge in [-0.3, -0.25) is 0 Å². The second kappa shape index (κ2) is 4.02. The Kier molecular flexibility index (Phi) is 3.66. The molecular weight excluding hydrogens is 134 g/mol. The lowest BCUT2D eigenvalue weighted by Crippen LogP contribution is -2.10. The molecule has 0 saturated heterocycles. The molecule has 0 aliphatic carbocycles. The maximum Gasteiger partial charge on any atom is 0.0172 e. The Bertz CT molecular complexity index is 197. The van der Waals surface area contributed by atoms with E-state index in [0.717, 1.165) is 11.1 Å². The van der Waals surface area contributed by atoms with Crippen molar-refractivity contribution in [2.24, 2.45) is 0 Å². The molecule has 0 unspecified atom stereocenters. The third-order valence-corrected chi connectivity index (χ3v) is 1.72. The van der Waals surface area contributed by atoms with E-state index in [9.17, 15) is 0 Å². The van der Waals surface area contributed by atoms with E-state index in [1.165, 1.54) is 5.70 Å². The minimum atomic E-state index is 1.06. The number of hydrogen-bond donors (Lipinski definition) is 0. The number of hydrogen-bond acceptors (Lipinski definition) is 1. The first-order chi connectivity index (χ1) is 5.00. The van der Waals surface area contributed by atoms with Crippen molar-refractivity contribution in [3.8, 4) is 0 Å². The summed E-state index contributed by atoms with van der Waals surface area (Å²) in [5.41, 5.74) is 3.40. The van der Waals surface area contributed by atoms with Gasteiger partial charge in [-0.15, -0.1) is 0 Å². The van der Waals surface area contributed by atoms with Crippen LogP contribution in [0.1, 0.15) is 13.8 Å². The van der Waals surface area contributed by atoms with Gasteiger partial charge in [-0.1, -0.05) is 19.2 Å². The molecule has 0 aromatic heterocycles. The highest BCUT2D eigenvalue weighted by atomic mass is 15.1. The van der Waals surface area contributed by atoms with Gasteiger partial charge < -0.3 is 4.90 Å². The Labute approximate surface area is 69.7 Å². The lowest BCUT2D eigenvalue weighted by molar-refractivity contribution is 0.510. The monoisotopic (exact) mass is 151 g/mol. The van der Waals surface area contributed by atoms with Crippen LogP contribution in [0.4, 0.5) is 0 Å². The molecule has 0 amide bonds. The molecular formula is C10H17N. The van der Waals surface area contributed by atoms with Crippen molar-refractivity contribution in [2.75, 3.05) is 14.1 Å². The first-order valence-corrected chi connectivity index (χ1v) is 3.67. The molecule has 11 heavy (non-hydrogen) atoms. The summed E-state index contributed by atoms with van der Waals surface area (Å²) >= 11 is 0. The summed E-state index contributed by atoms with van der Waals surface area (Å²) in [5, 5.41) is 0. The van der Waals surface area contributed by atoms with Crippen LogP contribution in [-0.4, -0.2) is 19.0 Å². The van der Waals surface area contributed by atoms with Gasteiger partial charge in [0.1, 0.15) is 0 Å². The Hall–Kier alpha value is -0.980. The van der Waals surface area contributed by atoms with Crippen molar-refractivity contribution in [3.63, 3.8) is 0 Å². The van der Waals surface area contributed by atoms with E-state index in [4.69, 9.17) is 0 Å². The lowest BCUT2D eigenvalue weighted by Gasteiger charge is -2.16. The van der Waals surface area contributed by atoms with Gasteiger partial charge in [0.05, 0.1) is 0 Å². The summed E-state index contributed by atoms with van der Waals surface area (Å²) < 4.78 is 0. The fourth-order valence-corrected chi connectivity index (χ4v) is 0.872. The zero-order valence-corrected chi connectivity index (χ0v) is 7.94. The van der Waals surface area contributed by atoms with E-state index in [-0.39, 0.29) is 0 Å². The SMILES string of the molecule is C=C/C(C(=C)C)=C(/C)N(C)C. The lowest BCUT2D eigenvalue weighted by atomic mass is 10.1. The first-order valence-electron chi connectivity index (χ1n) is 3.67. The quantitative estimate of drug-likeness (QED) is 0.560. The summed E-state index contributed by atoms with van der Waals surface area (Å²) in [6.07, 6.45) is 1.84. The zero-order chi connectivity index (χ0) is 9.02. The Morgan fingerprint density at radius 3 is 1.82 bits per heavy atom. The highest BCUT2D eigenvalue weighted by Crippen LogP contribution is 2.14. The highest BCUT2D eigenvalue weighted by Gasteiger charge is 1.99. The van der Waals surface area contributed by atoms with Crippen LogP contribution in [0.3, 0.4) is 0 Å². The minimum Gasteiger partial charge on any atom is -0.381 e. The molecule has 62 valence electrons.